The van der Waals surface area contributed by atoms with Gasteiger partial charge in [0.15, 0.2) is 0 Å². The Labute approximate surface area is 136 Å². The molecular formula is C18H24N2O3. The van der Waals surface area contributed by atoms with Gasteiger partial charge in [0.1, 0.15) is 5.54 Å². The fourth-order valence-corrected chi connectivity index (χ4v) is 3.46. The van der Waals surface area contributed by atoms with Gasteiger partial charge in [0.2, 0.25) is 5.91 Å². The summed E-state index contributed by atoms with van der Waals surface area (Å²) in [6, 6.07) is 9.07. The van der Waals surface area contributed by atoms with Gasteiger partial charge in [-0.05, 0) is 51.2 Å². The molecule has 1 heterocycles. The zero-order valence-electron chi connectivity index (χ0n) is 13.5. The maximum absolute atomic E-state index is 12.7. The van der Waals surface area contributed by atoms with Crippen LogP contribution in [-0.4, -0.2) is 46.1 Å². The molecule has 1 unspecified atom stereocenters. The molecule has 1 aromatic carbocycles. The van der Waals surface area contributed by atoms with E-state index < -0.39 is 11.1 Å². The molecule has 5 nitrogen and oxygen atoms in total. The Morgan fingerprint density at radius 3 is 2.48 bits per heavy atom. The third-order valence-electron chi connectivity index (χ3n) is 5.26. The highest BCUT2D eigenvalue weighted by Crippen LogP contribution is 2.33. The second-order valence-corrected chi connectivity index (χ2v) is 6.96. The molecule has 1 aliphatic heterocycles. The summed E-state index contributed by atoms with van der Waals surface area (Å²) in [5.41, 5.74) is -0.989. The first-order chi connectivity index (χ1) is 10.9. The Morgan fingerprint density at radius 2 is 1.87 bits per heavy atom. The molecule has 0 aromatic heterocycles. The van der Waals surface area contributed by atoms with E-state index in [4.69, 9.17) is 0 Å². The Balaban J connectivity index is 1.71. The Bertz CT molecular complexity index is 598. The molecule has 1 aliphatic carbocycles. The number of hydrogen-bond donors (Lipinski definition) is 2. The molecule has 124 valence electrons. The normalized spacial score (nSPS) is 25.7. The number of likely N-dealkylation sites (tertiary alicyclic amines) is 1. The van der Waals surface area contributed by atoms with Crippen molar-refractivity contribution in [1.82, 2.24) is 10.2 Å². The molecular weight excluding hydrogens is 292 g/mol. The van der Waals surface area contributed by atoms with Gasteiger partial charge in [0.05, 0.1) is 5.60 Å². The van der Waals surface area contributed by atoms with E-state index in [1.54, 1.807) is 17.0 Å². The number of hydrogen-bond acceptors (Lipinski definition) is 3. The molecule has 23 heavy (non-hydrogen) atoms. The summed E-state index contributed by atoms with van der Waals surface area (Å²) in [6.07, 6.45) is 3.93. The molecule has 0 bridgehead atoms. The van der Waals surface area contributed by atoms with Crippen molar-refractivity contribution in [2.45, 2.75) is 50.2 Å². The summed E-state index contributed by atoms with van der Waals surface area (Å²) in [5, 5.41) is 13.0. The van der Waals surface area contributed by atoms with Crippen molar-refractivity contribution in [1.29, 1.82) is 0 Å². The van der Waals surface area contributed by atoms with Crippen LogP contribution in [0.25, 0.3) is 0 Å². The third kappa shape index (κ3) is 2.98. The highest BCUT2D eigenvalue weighted by Gasteiger charge is 2.46. The number of aliphatic hydroxyl groups is 1. The van der Waals surface area contributed by atoms with Gasteiger partial charge in [0, 0.05) is 18.7 Å². The van der Waals surface area contributed by atoms with Crippen LogP contribution in [0.5, 0.6) is 0 Å². The van der Waals surface area contributed by atoms with Crippen molar-refractivity contribution in [3.63, 3.8) is 0 Å². The molecule has 0 spiro atoms. The molecule has 2 fully saturated rings. The topological polar surface area (TPSA) is 69.6 Å². The molecule has 2 aliphatic rings. The molecule has 3 rings (SSSR count). The highest BCUT2D eigenvalue weighted by atomic mass is 16.3. The largest absolute Gasteiger partial charge is 0.388 e. The summed E-state index contributed by atoms with van der Waals surface area (Å²) in [4.78, 5) is 27.1. The van der Waals surface area contributed by atoms with Gasteiger partial charge in [-0.3, -0.25) is 9.59 Å². The summed E-state index contributed by atoms with van der Waals surface area (Å²) >= 11 is 0. The third-order valence-corrected chi connectivity index (χ3v) is 5.26. The molecule has 1 saturated heterocycles. The van der Waals surface area contributed by atoms with Crippen molar-refractivity contribution in [2.24, 2.45) is 0 Å². The van der Waals surface area contributed by atoms with Crippen molar-refractivity contribution in [3.05, 3.63) is 35.9 Å². The monoisotopic (exact) mass is 316 g/mol. The minimum absolute atomic E-state index is 0.108. The zero-order valence-corrected chi connectivity index (χ0v) is 13.5. The number of nitrogens with zero attached hydrogens (tertiary/aromatic N) is 1. The molecule has 2 N–H and O–H groups in total. The smallest absolute Gasteiger partial charge is 0.254 e. The molecule has 1 atom stereocenters. The quantitative estimate of drug-likeness (QED) is 0.888. The van der Waals surface area contributed by atoms with Gasteiger partial charge in [-0.2, -0.15) is 0 Å². The number of carbonyl (C=O) groups excluding carboxylic acids is 2. The zero-order chi connectivity index (χ0) is 16.5. The van der Waals surface area contributed by atoms with Crippen LogP contribution < -0.4 is 5.32 Å². The van der Waals surface area contributed by atoms with Gasteiger partial charge in [0.25, 0.3) is 5.91 Å². The summed E-state index contributed by atoms with van der Waals surface area (Å²) in [7, 11) is 0. The second-order valence-electron chi connectivity index (χ2n) is 6.96. The molecule has 1 aromatic rings. The molecule has 1 saturated carbocycles. The Hall–Kier alpha value is -1.88. The average molecular weight is 316 g/mol. The van der Waals surface area contributed by atoms with Crippen LogP contribution in [0, 0.1) is 0 Å². The van der Waals surface area contributed by atoms with Crippen molar-refractivity contribution < 1.29 is 14.7 Å². The highest BCUT2D eigenvalue weighted by molar-refractivity contribution is 5.99. The van der Waals surface area contributed by atoms with Gasteiger partial charge in [-0.1, -0.05) is 18.2 Å². The number of benzene rings is 1. The average Bonchev–Trinajstić information content (AvgIpc) is 2.94. The van der Waals surface area contributed by atoms with E-state index in [1.807, 2.05) is 25.1 Å². The van der Waals surface area contributed by atoms with E-state index in [1.165, 1.54) is 0 Å². The molecule has 5 heteroatoms. The second kappa shape index (κ2) is 5.96. The first-order valence-corrected chi connectivity index (χ1v) is 8.32. The lowest BCUT2D eigenvalue weighted by molar-refractivity contribution is -0.132. The van der Waals surface area contributed by atoms with Gasteiger partial charge in [-0.15, -0.1) is 0 Å². The number of rotatable bonds is 4. The van der Waals surface area contributed by atoms with Crippen molar-refractivity contribution >= 4 is 11.8 Å². The SMILES string of the molecule is CC1(C(=O)NCC2(O)CCC2)CCCN1C(=O)c1ccccc1. The van der Waals surface area contributed by atoms with E-state index >= 15 is 0 Å². The number of amides is 2. The number of nitrogens with one attached hydrogen (secondary N) is 1. The number of carbonyl (C=O) groups is 2. The van der Waals surface area contributed by atoms with Crippen LogP contribution in [0.2, 0.25) is 0 Å². The maximum Gasteiger partial charge on any atom is 0.254 e. The van der Waals surface area contributed by atoms with Gasteiger partial charge in [-0.25, -0.2) is 0 Å². The predicted octanol–water partition coefficient (Wildman–Crippen LogP) is 1.71. The first-order valence-electron chi connectivity index (χ1n) is 8.32. The fraction of sp³-hybridized carbons (Fsp3) is 0.556. The fourth-order valence-electron chi connectivity index (χ4n) is 3.46. The van der Waals surface area contributed by atoms with E-state index in [9.17, 15) is 14.7 Å². The molecule has 0 radical (unpaired) electrons. The van der Waals surface area contributed by atoms with Crippen molar-refractivity contribution in [3.8, 4) is 0 Å². The van der Waals surface area contributed by atoms with Crippen LogP contribution in [0.4, 0.5) is 0 Å². The Morgan fingerprint density at radius 1 is 1.17 bits per heavy atom. The van der Waals surface area contributed by atoms with Crippen LogP contribution in [0.3, 0.4) is 0 Å². The van der Waals surface area contributed by atoms with Crippen LogP contribution in [0.1, 0.15) is 49.4 Å². The molecule has 2 amide bonds. The van der Waals surface area contributed by atoms with E-state index in [0.29, 0.717) is 18.5 Å². The van der Waals surface area contributed by atoms with Gasteiger partial charge < -0.3 is 15.3 Å². The minimum atomic E-state index is -0.840. The Kier molecular flexibility index (Phi) is 4.15. The van der Waals surface area contributed by atoms with Crippen molar-refractivity contribution in [2.75, 3.05) is 13.1 Å². The van der Waals surface area contributed by atoms with Crippen LogP contribution in [0.15, 0.2) is 30.3 Å². The summed E-state index contributed by atoms with van der Waals surface area (Å²) in [5.74, 6) is -0.275. The summed E-state index contributed by atoms with van der Waals surface area (Å²) < 4.78 is 0. The summed E-state index contributed by atoms with van der Waals surface area (Å²) in [6.45, 7) is 2.68. The van der Waals surface area contributed by atoms with E-state index in [-0.39, 0.29) is 18.4 Å². The lowest BCUT2D eigenvalue weighted by atomic mass is 9.80. The lowest BCUT2D eigenvalue weighted by Crippen LogP contribution is -2.58. The predicted molar refractivity (Wildman–Crippen MR) is 86.9 cm³/mol. The lowest BCUT2D eigenvalue weighted by Gasteiger charge is -2.39. The first kappa shape index (κ1) is 16.0. The van der Waals surface area contributed by atoms with E-state index in [2.05, 4.69) is 5.32 Å². The maximum atomic E-state index is 12.7. The van der Waals surface area contributed by atoms with Gasteiger partial charge >= 0.3 is 0 Å². The minimum Gasteiger partial charge on any atom is -0.388 e. The van der Waals surface area contributed by atoms with E-state index in [0.717, 1.165) is 25.7 Å². The standard InChI is InChI=1S/C18H24N2O3/c1-17(16(22)19-13-18(23)10-5-11-18)9-6-12-20(17)15(21)14-7-3-2-4-8-14/h2-4,7-8,23H,5-6,9-13H2,1H3,(H,19,22). The van der Waals surface area contributed by atoms with Crippen LogP contribution in [-0.2, 0) is 4.79 Å². The van der Waals surface area contributed by atoms with Crippen LogP contribution >= 0.6 is 0 Å².